The molecule has 24 heavy (non-hydrogen) atoms. The molecule has 5 heteroatoms. The standard InChI is InChI=1S/C19H15BrClNO2/c20-12-6-4-10(5-7-12)17-14-3-1-2-13(14)15-8-11(19(23)24)9-16(21)18(15)22-17/h1-2,4-9,13-14,17,22H,3H2,(H,23,24)/t13-,14+,17+/m1/s1. The summed E-state index contributed by atoms with van der Waals surface area (Å²) in [5.74, 6) is -0.404. The van der Waals surface area contributed by atoms with E-state index in [0.717, 1.165) is 22.1 Å². The van der Waals surface area contributed by atoms with Crippen LogP contribution in [0.4, 0.5) is 5.69 Å². The van der Waals surface area contributed by atoms with E-state index in [4.69, 9.17) is 11.6 Å². The van der Waals surface area contributed by atoms with Gasteiger partial charge in [0, 0.05) is 10.4 Å². The van der Waals surface area contributed by atoms with Gasteiger partial charge in [-0.05, 0) is 47.7 Å². The molecule has 0 unspecified atom stereocenters. The van der Waals surface area contributed by atoms with E-state index in [9.17, 15) is 9.90 Å². The zero-order chi connectivity index (χ0) is 16.8. The maximum absolute atomic E-state index is 11.3. The van der Waals surface area contributed by atoms with Crippen molar-refractivity contribution in [2.75, 3.05) is 5.32 Å². The second-order valence-corrected chi connectivity index (χ2v) is 7.58. The number of hydrogen-bond acceptors (Lipinski definition) is 2. The molecular weight excluding hydrogens is 390 g/mol. The van der Waals surface area contributed by atoms with Crippen molar-refractivity contribution in [3.05, 3.63) is 74.7 Å². The zero-order valence-electron chi connectivity index (χ0n) is 12.7. The molecule has 3 nitrogen and oxygen atoms in total. The largest absolute Gasteiger partial charge is 0.478 e. The molecule has 2 N–H and O–H groups in total. The molecule has 3 atom stereocenters. The van der Waals surface area contributed by atoms with E-state index in [1.165, 1.54) is 11.6 Å². The maximum Gasteiger partial charge on any atom is 0.335 e. The van der Waals surface area contributed by atoms with Crippen molar-refractivity contribution in [1.82, 2.24) is 0 Å². The predicted octanol–water partition coefficient (Wildman–Crippen LogP) is 5.63. The molecule has 0 aromatic heterocycles. The number of anilines is 1. The highest BCUT2D eigenvalue weighted by molar-refractivity contribution is 9.10. The average molecular weight is 405 g/mol. The molecule has 0 bridgehead atoms. The number of nitrogens with one attached hydrogen (secondary N) is 1. The molecule has 4 rings (SSSR count). The molecule has 122 valence electrons. The van der Waals surface area contributed by atoms with E-state index in [1.54, 1.807) is 6.07 Å². The fourth-order valence-corrected chi connectivity index (χ4v) is 4.32. The Kier molecular flexibility index (Phi) is 3.89. The first-order valence-corrected chi connectivity index (χ1v) is 8.97. The summed E-state index contributed by atoms with van der Waals surface area (Å²) in [4.78, 5) is 11.3. The summed E-state index contributed by atoms with van der Waals surface area (Å²) in [6.45, 7) is 0. The van der Waals surface area contributed by atoms with Crippen LogP contribution < -0.4 is 5.32 Å². The Hall–Kier alpha value is -1.78. The summed E-state index contributed by atoms with van der Waals surface area (Å²) in [6, 6.07) is 11.7. The minimum absolute atomic E-state index is 0.152. The summed E-state index contributed by atoms with van der Waals surface area (Å²) in [7, 11) is 0. The molecule has 2 aromatic rings. The van der Waals surface area contributed by atoms with Crippen molar-refractivity contribution >= 4 is 39.2 Å². The van der Waals surface area contributed by atoms with Crippen molar-refractivity contribution in [3.8, 4) is 0 Å². The first-order valence-electron chi connectivity index (χ1n) is 7.80. The monoisotopic (exact) mass is 403 g/mol. The lowest BCUT2D eigenvalue weighted by atomic mass is 9.76. The SMILES string of the molecule is O=C(O)c1cc(Cl)c2c(c1)[C@@H]1C=CC[C@@H]1[C@H](c1ccc(Br)cc1)N2. The van der Waals surface area contributed by atoms with Crippen LogP contribution in [-0.4, -0.2) is 11.1 Å². The van der Waals surface area contributed by atoms with E-state index in [0.29, 0.717) is 10.9 Å². The lowest BCUT2D eigenvalue weighted by Gasteiger charge is -2.38. The molecule has 0 saturated carbocycles. The molecule has 1 heterocycles. The third-order valence-corrected chi connectivity index (χ3v) is 5.72. The third-order valence-electron chi connectivity index (χ3n) is 4.90. The number of carbonyl (C=O) groups is 1. The van der Waals surface area contributed by atoms with Crippen LogP contribution in [0, 0.1) is 5.92 Å². The van der Waals surface area contributed by atoms with Gasteiger partial charge in [-0.15, -0.1) is 0 Å². The quantitative estimate of drug-likeness (QED) is 0.638. The van der Waals surface area contributed by atoms with Gasteiger partial charge in [-0.2, -0.15) is 0 Å². The Balaban J connectivity index is 1.82. The zero-order valence-corrected chi connectivity index (χ0v) is 15.0. The van der Waals surface area contributed by atoms with Crippen LogP contribution in [0.15, 0.2) is 53.0 Å². The topological polar surface area (TPSA) is 49.3 Å². The van der Waals surface area contributed by atoms with Crippen LogP contribution in [0.1, 0.15) is 39.9 Å². The molecule has 0 amide bonds. The van der Waals surface area contributed by atoms with Gasteiger partial charge in [-0.3, -0.25) is 0 Å². The summed E-state index contributed by atoms with van der Waals surface area (Å²) in [5.41, 5.74) is 3.28. The highest BCUT2D eigenvalue weighted by atomic mass is 79.9. The fraction of sp³-hybridized carbons (Fsp3) is 0.211. The van der Waals surface area contributed by atoms with E-state index in [2.05, 4.69) is 45.5 Å². The summed E-state index contributed by atoms with van der Waals surface area (Å²) >= 11 is 9.88. The minimum atomic E-state index is -0.951. The van der Waals surface area contributed by atoms with Gasteiger partial charge in [-0.1, -0.05) is 51.8 Å². The Morgan fingerprint density at radius 2 is 2.00 bits per heavy atom. The van der Waals surface area contributed by atoms with Gasteiger partial charge in [0.2, 0.25) is 0 Å². The Bertz CT molecular complexity index is 847. The molecule has 0 radical (unpaired) electrons. The van der Waals surface area contributed by atoms with Gasteiger partial charge in [0.25, 0.3) is 0 Å². The molecule has 0 fully saturated rings. The number of allylic oxidation sites excluding steroid dienone is 2. The molecule has 0 saturated heterocycles. The summed E-state index contributed by atoms with van der Waals surface area (Å²) in [5, 5.41) is 13.3. The maximum atomic E-state index is 11.3. The van der Waals surface area contributed by atoms with Crippen LogP contribution in [0.5, 0.6) is 0 Å². The van der Waals surface area contributed by atoms with Gasteiger partial charge < -0.3 is 10.4 Å². The Morgan fingerprint density at radius 3 is 2.71 bits per heavy atom. The lowest BCUT2D eigenvalue weighted by Crippen LogP contribution is -2.29. The second kappa shape index (κ2) is 5.94. The highest BCUT2D eigenvalue weighted by Crippen LogP contribution is 2.51. The number of halogens is 2. The fourth-order valence-electron chi connectivity index (χ4n) is 3.78. The predicted molar refractivity (Wildman–Crippen MR) is 98.9 cm³/mol. The van der Waals surface area contributed by atoms with Gasteiger partial charge >= 0.3 is 5.97 Å². The summed E-state index contributed by atoms with van der Waals surface area (Å²) in [6.07, 6.45) is 5.32. The van der Waals surface area contributed by atoms with E-state index in [-0.39, 0.29) is 17.5 Å². The van der Waals surface area contributed by atoms with Crippen molar-refractivity contribution in [3.63, 3.8) is 0 Å². The average Bonchev–Trinajstić information content (AvgIpc) is 3.05. The van der Waals surface area contributed by atoms with E-state index < -0.39 is 5.97 Å². The number of rotatable bonds is 2. The van der Waals surface area contributed by atoms with Crippen molar-refractivity contribution in [1.29, 1.82) is 0 Å². The van der Waals surface area contributed by atoms with Crippen molar-refractivity contribution < 1.29 is 9.90 Å². The second-order valence-electron chi connectivity index (χ2n) is 6.25. The number of carboxylic acids is 1. The number of carboxylic acid groups (broad SMARTS) is 1. The van der Waals surface area contributed by atoms with Crippen LogP contribution >= 0.6 is 27.5 Å². The first kappa shape index (κ1) is 15.7. The number of fused-ring (bicyclic) bond motifs is 3. The molecule has 1 aliphatic carbocycles. The minimum Gasteiger partial charge on any atom is -0.478 e. The smallest absolute Gasteiger partial charge is 0.335 e. The highest BCUT2D eigenvalue weighted by Gasteiger charge is 2.39. The van der Waals surface area contributed by atoms with Crippen molar-refractivity contribution in [2.45, 2.75) is 18.4 Å². The molecule has 1 aliphatic heterocycles. The lowest BCUT2D eigenvalue weighted by molar-refractivity contribution is 0.0696. The van der Waals surface area contributed by atoms with E-state index in [1.807, 2.05) is 12.1 Å². The van der Waals surface area contributed by atoms with Crippen LogP contribution in [0.2, 0.25) is 5.02 Å². The number of aromatic carboxylic acids is 1. The van der Waals surface area contributed by atoms with Crippen LogP contribution in [0.3, 0.4) is 0 Å². The van der Waals surface area contributed by atoms with Gasteiger partial charge in [0.05, 0.1) is 22.3 Å². The molecule has 2 aliphatic rings. The molecule has 0 spiro atoms. The molecular formula is C19H15BrClNO2. The number of benzene rings is 2. The number of hydrogen-bond donors (Lipinski definition) is 2. The Labute approximate surface area is 153 Å². The molecule has 2 aromatic carbocycles. The van der Waals surface area contributed by atoms with Gasteiger partial charge in [-0.25, -0.2) is 4.79 Å². The van der Waals surface area contributed by atoms with Gasteiger partial charge in [0.15, 0.2) is 0 Å². The Morgan fingerprint density at radius 1 is 1.25 bits per heavy atom. The van der Waals surface area contributed by atoms with Crippen LogP contribution in [-0.2, 0) is 0 Å². The normalized spacial score (nSPS) is 24.2. The van der Waals surface area contributed by atoms with Crippen LogP contribution in [0.25, 0.3) is 0 Å². The van der Waals surface area contributed by atoms with E-state index >= 15 is 0 Å². The third kappa shape index (κ3) is 2.54. The summed E-state index contributed by atoms with van der Waals surface area (Å²) < 4.78 is 1.05. The van der Waals surface area contributed by atoms with Gasteiger partial charge in [0.1, 0.15) is 0 Å². The first-order chi connectivity index (χ1) is 11.5. The van der Waals surface area contributed by atoms with Crippen molar-refractivity contribution in [2.24, 2.45) is 5.92 Å².